The highest BCUT2D eigenvalue weighted by Crippen LogP contribution is 2.21. The minimum absolute atomic E-state index is 0.0494. The number of fused-ring (bicyclic) bond motifs is 1. The van der Waals surface area contributed by atoms with E-state index in [4.69, 9.17) is 14.0 Å². The van der Waals surface area contributed by atoms with Gasteiger partial charge in [0.2, 0.25) is 0 Å². The smallest absolute Gasteiger partial charge is 0.491 e. The van der Waals surface area contributed by atoms with Crippen LogP contribution in [0.5, 0.6) is 5.75 Å². The first-order valence-corrected chi connectivity index (χ1v) is 7.82. The molecule has 3 aromatic carbocycles. The van der Waals surface area contributed by atoms with Gasteiger partial charge in [-0.1, -0.05) is 60.7 Å². The zero-order chi connectivity index (χ0) is 15.5. The summed E-state index contributed by atoms with van der Waals surface area (Å²) >= 11 is 0. The topological polar surface area (TPSA) is 27.7 Å². The third-order valence-corrected chi connectivity index (χ3v) is 3.98. The summed E-state index contributed by atoms with van der Waals surface area (Å²) in [6, 6.07) is 24.4. The Morgan fingerprint density at radius 2 is 1.70 bits per heavy atom. The molecule has 0 aromatic heterocycles. The van der Waals surface area contributed by atoms with E-state index in [-0.39, 0.29) is 13.2 Å². The Morgan fingerprint density at radius 1 is 0.913 bits per heavy atom. The van der Waals surface area contributed by atoms with Crippen molar-refractivity contribution in [3.05, 3.63) is 72.8 Å². The summed E-state index contributed by atoms with van der Waals surface area (Å²) in [4.78, 5) is 0. The number of benzene rings is 3. The van der Waals surface area contributed by atoms with Crippen molar-refractivity contribution in [3.63, 3.8) is 0 Å². The van der Waals surface area contributed by atoms with Gasteiger partial charge in [0, 0.05) is 0 Å². The van der Waals surface area contributed by atoms with Crippen molar-refractivity contribution >= 4 is 23.4 Å². The van der Waals surface area contributed by atoms with Gasteiger partial charge >= 0.3 is 7.12 Å². The van der Waals surface area contributed by atoms with Crippen LogP contribution in [0.2, 0.25) is 0 Å². The van der Waals surface area contributed by atoms with Gasteiger partial charge in [-0.3, -0.25) is 0 Å². The Hall–Kier alpha value is -2.30. The van der Waals surface area contributed by atoms with Gasteiger partial charge in [0.25, 0.3) is 0 Å². The van der Waals surface area contributed by atoms with Crippen LogP contribution in [0.15, 0.2) is 72.8 Å². The zero-order valence-corrected chi connectivity index (χ0v) is 12.7. The summed E-state index contributed by atoms with van der Waals surface area (Å²) in [6.07, 6.45) is -0.0494. The average Bonchev–Trinajstić information content (AvgIpc) is 3.10. The fourth-order valence-corrected chi connectivity index (χ4v) is 2.77. The molecule has 1 atom stereocenters. The maximum absolute atomic E-state index is 5.91. The van der Waals surface area contributed by atoms with Gasteiger partial charge in [-0.25, -0.2) is 0 Å². The minimum Gasteiger partial charge on any atom is -0.491 e. The zero-order valence-electron chi connectivity index (χ0n) is 12.7. The summed E-state index contributed by atoms with van der Waals surface area (Å²) in [5.41, 5.74) is 1.04. The van der Waals surface area contributed by atoms with Crippen molar-refractivity contribution in [2.24, 2.45) is 0 Å². The fourth-order valence-electron chi connectivity index (χ4n) is 2.77. The molecule has 0 aliphatic carbocycles. The Labute approximate surface area is 135 Å². The van der Waals surface area contributed by atoms with Crippen molar-refractivity contribution in [2.45, 2.75) is 6.10 Å². The molecule has 1 aliphatic rings. The molecule has 0 amide bonds. The summed E-state index contributed by atoms with van der Waals surface area (Å²) in [5.74, 6) is 0.857. The van der Waals surface area contributed by atoms with Crippen LogP contribution in [0.1, 0.15) is 0 Å². The van der Waals surface area contributed by atoms with Crippen molar-refractivity contribution in [1.82, 2.24) is 0 Å². The second kappa shape index (κ2) is 6.45. The van der Waals surface area contributed by atoms with Crippen LogP contribution >= 0.6 is 0 Å². The molecule has 0 radical (unpaired) electrons. The molecular formula is C19H17BO3. The highest BCUT2D eigenvalue weighted by atomic mass is 16.7. The van der Waals surface area contributed by atoms with Crippen LogP contribution in [0.3, 0.4) is 0 Å². The molecule has 4 rings (SSSR count). The van der Waals surface area contributed by atoms with Crippen molar-refractivity contribution in [3.8, 4) is 5.75 Å². The monoisotopic (exact) mass is 304 g/mol. The second-order valence-electron chi connectivity index (χ2n) is 5.65. The van der Waals surface area contributed by atoms with E-state index in [0.717, 1.165) is 11.2 Å². The number of hydrogen-bond donors (Lipinski definition) is 0. The Balaban J connectivity index is 1.37. The lowest BCUT2D eigenvalue weighted by Crippen LogP contribution is -2.33. The predicted octanol–water partition coefficient (Wildman–Crippen LogP) is 3.03. The molecule has 23 heavy (non-hydrogen) atoms. The van der Waals surface area contributed by atoms with E-state index in [1.54, 1.807) is 0 Å². The van der Waals surface area contributed by atoms with Crippen LogP contribution in [-0.2, 0) is 9.31 Å². The Kier molecular flexibility index (Phi) is 4.01. The molecule has 1 aliphatic heterocycles. The Morgan fingerprint density at radius 3 is 2.57 bits per heavy atom. The molecular weight excluding hydrogens is 287 g/mol. The maximum atomic E-state index is 5.91. The molecule has 3 aromatic rings. The van der Waals surface area contributed by atoms with E-state index in [9.17, 15) is 0 Å². The molecule has 3 nitrogen and oxygen atoms in total. The number of hydrogen-bond acceptors (Lipinski definition) is 3. The van der Waals surface area contributed by atoms with Crippen molar-refractivity contribution < 1.29 is 14.0 Å². The molecule has 1 heterocycles. The van der Waals surface area contributed by atoms with E-state index < -0.39 is 0 Å². The van der Waals surface area contributed by atoms with E-state index in [2.05, 4.69) is 24.3 Å². The highest BCUT2D eigenvalue weighted by molar-refractivity contribution is 6.61. The van der Waals surface area contributed by atoms with Gasteiger partial charge in [0.1, 0.15) is 12.4 Å². The largest absolute Gasteiger partial charge is 0.494 e. The van der Waals surface area contributed by atoms with Gasteiger partial charge < -0.3 is 14.0 Å². The van der Waals surface area contributed by atoms with E-state index in [1.807, 2.05) is 48.5 Å². The first kappa shape index (κ1) is 14.3. The van der Waals surface area contributed by atoms with Crippen LogP contribution in [0.4, 0.5) is 0 Å². The third-order valence-electron chi connectivity index (χ3n) is 3.98. The second-order valence-corrected chi connectivity index (χ2v) is 5.65. The summed E-state index contributed by atoms with van der Waals surface area (Å²) < 4.78 is 17.5. The molecule has 0 bridgehead atoms. The van der Waals surface area contributed by atoms with Crippen LogP contribution < -0.4 is 10.2 Å². The molecule has 0 spiro atoms. The average molecular weight is 304 g/mol. The number of ether oxygens (including phenoxy) is 1. The quantitative estimate of drug-likeness (QED) is 0.693. The lowest BCUT2D eigenvalue weighted by atomic mass is 9.79. The lowest BCUT2D eigenvalue weighted by Gasteiger charge is -2.12. The summed E-state index contributed by atoms with van der Waals surface area (Å²) in [7, 11) is -0.290. The molecule has 1 fully saturated rings. The van der Waals surface area contributed by atoms with Gasteiger partial charge in [0.05, 0.1) is 12.7 Å². The van der Waals surface area contributed by atoms with Crippen LogP contribution in [0.25, 0.3) is 10.8 Å². The molecule has 0 N–H and O–H groups in total. The SMILES string of the molecule is c1ccc(B2OC[C@@H](COc3ccc4ccccc4c3)O2)cc1. The minimum atomic E-state index is -0.290. The van der Waals surface area contributed by atoms with Crippen molar-refractivity contribution in [2.75, 3.05) is 13.2 Å². The lowest BCUT2D eigenvalue weighted by molar-refractivity contribution is 0.148. The standard InChI is InChI=1S/C19H17BO3/c1-2-8-17(9-3-1)20-22-14-19(23-20)13-21-18-11-10-15-6-4-5-7-16(15)12-18/h1-12,19H,13-14H2/t19-/m1/s1. The van der Waals surface area contributed by atoms with Gasteiger partial charge in [-0.2, -0.15) is 0 Å². The fraction of sp³-hybridized carbons (Fsp3) is 0.158. The molecule has 0 unspecified atom stereocenters. The van der Waals surface area contributed by atoms with Crippen molar-refractivity contribution in [1.29, 1.82) is 0 Å². The van der Waals surface area contributed by atoms with Gasteiger partial charge in [-0.15, -0.1) is 0 Å². The van der Waals surface area contributed by atoms with Gasteiger partial charge in [-0.05, 0) is 28.4 Å². The van der Waals surface area contributed by atoms with E-state index in [1.165, 1.54) is 10.8 Å². The molecule has 0 saturated carbocycles. The van der Waals surface area contributed by atoms with E-state index >= 15 is 0 Å². The Bertz CT molecular complexity index is 791. The first-order chi connectivity index (χ1) is 11.4. The first-order valence-electron chi connectivity index (χ1n) is 7.82. The molecule has 1 saturated heterocycles. The normalized spacial score (nSPS) is 17.6. The highest BCUT2D eigenvalue weighted by Gasteiger charge is 2.33. The number of rotatable bonds is 4. The molecule has 114 valence electrons. The molecule has 4 heteroatoms. The summed E-state index contributed by atoms with van der Waals surface area (Å²) in [5, 5.41) is 2.39. The predicted molar refractivity (Wildman–Crippen MR) is 92.1 cm³/mol. The van der Waals surface area contributed by atoms with Gasteiger partial charge in [0.15, 0.2) is 0 Å². The van der Waals surface area contributed by atoms with E-state index in [0.29, 0.717) is 13.2 Å². The van der Waals surface area contributed by atoms with Crippen LogP contribution in [-0.4, -0.2) is 26.4 Å². The third kappa shape index (κ3) is 3.23. The maximum Gasteiger partial charge on any atom is 0.494 e. The van der Waals surface area contributed by atoms with Crippen LogP contribution in [0, 0.1) is 0 Å². The summed E-state index contributed by atoms with van der Waals surface area (Å²) in [6.45, 7) is 1.04.